The van der Waals surface area contributed by atoms with Gasteiger partial charge in [0.2, 0.25) is 11.8 Å². The van der Waals surface area contributed by atoms with Crippen LogP contribution in [0.3, 0.4) is 0 Å². The highest BCUT2D eigenvalue weighted by Crippen LogP contribution is 2.41. The smallest absolute Gasteiger partial charge is 0.305 e. The number of likely N-dealkylation sites (tertiary alicyclic amines) is 1. The zero-order chi connectivity index (χ0) is 14.8. The molecule has 19 heavy (non-hydrogen) atoms. The van der Waals surface area contributed by atoms with Crippen LogP contribution >= 0.6 is 0 Å². The van der Waals surface area contributed by atoms with Gasteiger partial charge in [0.15, 0.2) is 0 Å². The zero-order valence-corrected chi connectivity index (χ0v) is 12.1. The number of imide groups is 1. The first-order valence-electron chi connectivity index (χ1n) is 6.87. The standard InChI is InChI=1S/C14H23NO4/c1-5-14(6-2)8-11(16)15(13(14)19)10(9(3)4)7-12(17)18/h9-10H,5-8H2,1-4H3,(H,17,18). The van der Waals surface area contributed by atoms with E-state index < -0.39 is 17.4 Å². The monoisotopic (exact) mass is 269 g/mol. The van der Waals surface area contributed by atoms with Crippen molar-refractivity contribution in [3.63, 3.8) is 0 Å². The number of hydrogen-bond acceptors (Lipinski definition) is 3. The zero-order valence-electron chi connectivity index (χ0n) is 12.1. The lowest BCUT2D eigenvalue weighted by molar-refractivity contribution is -0.148. The Kier molecular flexibility index (Phi) is 4.71. The summed E-state index contributed by atoms with van der Waals surface area (Å²) < 4.78 is 0. The Balaban J connectivity index is 3.08. The third kappa shape index (κ3) is 2.80. The quantitative estimate of drug-likeness (QED) is 0.749. The van der Waals surface area contributed by atoms with Crippen molar-refractivity contribution in [1.82, 2.24) is 4.90 Å². The van der Waals surface area contributed by atoms with Crippen LogP contribution in [0.25, 0.3) is 0 Å². The molecule has 0 bridgehead atoms. The Morgan fingerprint density at radius 1 is 1.32 bits per heavy atom. The fraction of sp³-hybridized carbons (Fsp3) is 0.786. The van der Waals surface area contributed by atoms with Gasteiger partial charge in [-0.15, -0.1) is 0 Å². The molecule has 0 aliphatic carbocycles. The van der Waals surface area contributed by atoms with Crippen LogP contribution in [-0.4, -0.2) is 33.8 Å². The topological polar surface area (TPSA) is 74.7 Å². The summed E-state index contributed by atoms with van der Waals surface area (Å²) in [5.41, 5.74) is -0.622. The maximum absolute atomic E-state index is 12.5. The molecule has 1 N–H and O–H groups in total. The Hall–Kier alpha value is -1.39. The SMILES string of the molecule is CCC1(CC)CC(=O)N(C(CC(=O)O)C(C)C)C1=O. The molecule has 5 heteroatoms. The number of amides is 2. The molecule has 0 saturated carbocycles. The summed E-state index contributed by atoms with van der Waals surface area (Å²) in [7, 11) is 0. The third-order valence-corrected chi connectivity index (χ3v) is 4.27. The second kappa shape index (κ2) is 5.72. The molecule has 2 amide bonds. The van der Waals surface area contributed by atoms with Crippen molar-refractivity contribution in [3.8, 4) is 0 Å². The fourth-order valence-corrected chi connectivity index (χ4v) is 2.76. The molecule has 0 aromatic heterocycles. The lowest BCUT2D eigenvalue weighted by Gasteiger charge is -2.31. The van der Waals surface area contributed by atoms with Crippen LogP contribution in [0.1, 0.15) is 53.4 Å². The highest BCUT2D eigenvalue weighted by atomic mass is 16.4. The number of carboxylic acid groups (broad SMARTS) is 1. The third-order valence-electron chi connectivity index (χ3n) is 4.27. The molecule has 108 valence electrons. The number of aliphatic carboxylic acids is 1. The minimum atomic E-state index is -0.982. The maximum atomic E-state index is 12.5. The minimum Gasteiger partial charge on any atom is -0.481 e. The molecule has 1 fully saturated rings. The van der Waals surface area contributed by atoms with E-state index in [1.54, 1.807) is 0 Å². The van der Waals surface area contributed by atoms with Gasteiger partial charge in [-0.1, -0.05) is 27.7 Å². The predicted molar refractivity (Wildman–Crippen MR) is 70.4 cm³/mol. The summed E-state index contributed by atoms with van der Waals surface area (Å²) in [5.74, 6) is -1.46. The van der Waals surface area contributed by atoms with E-state index in [1.807, 2.05) is 27.7 Å². The first kappa shape index (κ1) is 15.7. The number of carboxylic acids is 1. The summed E-state index contributed by atoms with van der Waals surface area (Å²) in [6.45, 7) is 7.48. The molecule has 1 aliphatic heterocycles. The van der Waals surface area contributed by atoms with E-state index in [-0.39, 0.29) is 30.6 Å². The van der Waals surface area contributed by atoms with Gasteiger partial charge in [0.25, 0.3) is 0 Å². The lowest BCUT2D eigenvalue weighted by Crippen LogP contribution is -2.46. The first-order chi connectivity index (χ1) is 8.79. The largest absolute Gasteiger partial charge is 0.481 e. The molecule has 1 atom stereocenters. The van der Waals surface area contributed by atoms with E-state index >= 15 is 0 Å². The molecular formula is C14H23NO4. The second-order valence-corrected chi connectivity index (χ2v) is 5.64. The molecule has 1 unspecified atom stereocenters. The summed E-state index contributed by atoms with van der Waals surface area (Å²) in [5, 5.41) is 8.96. The molecular weight excluding hydrogens is 246 g/mol. The van der Waals surface area contributed by atoms with Crippen molar-refractivity contribution in [2.75, 3.05) is 0 Å². The van der Waals surface area contributed by atoms with Crippen LogP contribution in [0.15, 0.2) is 0 Å². The van der Waals surface area contributed by atoms with Crippen LogP contribution in [0, 0.1) is 11.3 Å². The predicted octanol–water partition coefficient (Wildman–Crippen LogP) is 2.05. The van der Waals surface area contributed by atoms with Crippen molar-refractivity contribution in [2.45, 2.75) is 59.4 Å². The van der Waals surface area contributed by atoms with Gasteiger partial charge in [0.1, 0.15) is 0 Å². The molecule has 1 rings (SSSR count). The van der Waals surface area contributed by atoms with Gasteiger partial charge < -0.3 is 5.11 Å². The second-order valence-electron chi connectivity index (χ2n) is 5.64. The highest BCUT2D eigenvalue weighted by molar-refractivity contribution is 6.06. The van der Waals surface area contributed by atoms with Crippen LogP contribution in [-0.2, 0) is 14.4 Å². The molecule has 0 aromatic carbocycles. The Morgan fingerprint density at radius 3 is 2.16 bits per heavy atom. The molecule has 5 nitrogen and oxygen atoms in total. The van der Waals surface area contributed by atoms with Crippen LogP contribution < -0.4 is 0 Å². The van der Waals surface area contributed by atoms with E-state index in [2.05, 4.69) is 0 Å². The summed E-state index contributed by atoms with van der Waals surface area (Å²) in [6, 6.07) is -0.544. The van der Waals surface area contributed by atoms with E-state index in [0.29, 0.717) is 12.8 Å². The van der Waals surface area contributed by atoms with Gasteiger partial charge in [0, 0.05) is 6.42 Å². The first-order valence-corrected chi connectivity index (χ1v) is 6.87. The Bertz CT molecular complexity index is 385. The van der Waals surface area contributed by atoms with E-state index in [9.17, 15) is 14.4 Å². The van der Waals surface area contributed by atoms with Gasteiger partial charge in [-0.25, -0.2) is 0 Å². The number of hydrogen-bond donors (Lipinski definition) is 1. The fourth-order valence-electron chi connectivity index (χ4n) is 2.76. The lowest BCUT2D eigenvalue weighted by atomic mass is 9.81. The van der Waals surface area contributed by atoms with Crippen molar-refractivity contribution in [1.29, 1.82) is 0 Å². The summed E-state index contributed by atoms with van der Waals surface area (Å²) in [6.07, 6.45) is 1.26. The van der Waals surface area contributed by atoms with Crippen LogP contribution in [0.5, 0.6) is 0 Å². The van der Waals surface area contributed by atoms with Crippen molar-refractivity contribution >= 4 is 17.8 Å². The van der Waals surface area contributed by atoms with Crippen molar-refractivity contribution < 1.29 is 19.5 Å². The highest BCUT2D eigenvalue weighted by Gasteiger charge is 2.51. The average Bonchev–Trinajstić information content (AvgIpc) is 2.58. The Labute approximate surface area is 114 Å². The van der Waals surface area contributed by atoms with Gasteiger partial charge in [-0.2, -0.15) is 0 Å². The minimum absolute atomic E-state index is 0.0616. The molecule has 1 heterocycles. The van der Waals surface area contributed by atoms with Gasteiger partial charge in [-0.3, -0.25) is 19.3 Å². The van der Waals surface area contributed by atoms with E-state index in [1.165, 1.54) is 4.90 Å². The molecule has 0 radical (unpaired) electrons. The molecule has 1 aliphatic rings. The molecule has 0 aromatic rings. The number of rotatable bonds is 6. The van der Waals surface area contributed by atoms with Crippen LogP contribution in [0.4, 0.5) is 0 Å². The van der Waals surface area contributed by atoms with Gasteiger partial charge in [0.05, 0.1) is 17.9 Å². The normalized spacial score (nSPS) is 20.2. The average molecular weight is 269 g/mol. The Morgan fingerprint density at radius 2 is 1.84 bits per heavy atom. The van der Waals surface area contributed by atoms with E-state index in [0.717, 1.165) is 0 Å². The van der Waals surface area contributed by atoms with Gasteiger partial charge in [-0.05, 0) is 18.8 Å². The van der Waals surface area contributed by atoms with Gasteiger partial charge >= 0.3 is 5.97 Å². The maximum Gasteiger partial charge on any atom is 0.305 e. The summed E-state index contributed by atoms with van der Waals surface area (Å²) in [4.78, 5) is 36.8. The van der Waals surface area contributed by atoms with Crippen molar-refractivity contribution in [3.05, 3.63) is 0 Å². The van der Waals surface area contributed by atoms with Crippen molar-refractivity contribution in [2.24, 2.45) is 11.3 Å². The molecule has 1 saturated heterocycles. The number of carbonyl (C=O) groups is 3. The summed E-state index contributed by atoms with van der Waals surface area (Å²) >= 11 is 0. The number of nitrogens with zero attached hydrogens (tertiary/aromatic N) is 1. The molecule has 0 spiro atoms. The van der Waals surface area contributed by atoms with E-state index in [4.69, 9.17) is 5.11 Å². The van der Waals surface area contributed by atoms with Crippen LogP contribution in [0.2, 0.25) is 0 Å². The number of carbonyl (C=O) groups excluding carboxylic acids is 2.